The number of halogens is 1. The number of thioether (sulfide) groups is 1. The molecule has 4 rings (SSSR count). The minimum absolute atomic E-state index is 0.105. The van der Waals surface area contributed by atoms with Gasteiger partial charge in [-0.25, -0.2) is 4.98 Å². The fraction of sp³-hybridized carbons (Fsp3) is 0.0952. The molecule has 1 aliphatic rings. The van der Waals surface area contributed by atoms with E-state index in [4.69, 9.17) is 16.3 Å². The molecule has 8 heteroatoms. The van der Waals surface area contributed by atoms with Crippen molar-refractivity contribution < 1.29 is 9.53 Å². The predicted molar refractivity (Wildman–Crippen MR) is 120 cm³/mol. The Labute approximate surface area is 181 Å². The lowest BCUT2D eigenvalue weighted by Crippen LogP contribution is -2.23. The normalized spacial score (nSPS) is 16.8. The van der Waals surface area contributed by atoms with Gasteiger partial charge in [-0.15, -0.1) is 11.3 Å². The SMILES string of the molecule is CN1C(=O)/C(=C/c2ccccc2OCc2ccccc2Cl)S/C1=N/c1nccs1. The molecule has 1 saturated heterocycles. The molecule has 0 spiro atoms. The van der Waals surface area contributed by atoms with Crippen molar-refractivity contribution in [1.29, 1.82) is 0 Å². The summed E-state index contributed by atoms with van der Waals surface area (Å²) in [6.07, 6.45) is 3.52. The number of hydrogen-bond donors (Lipinski definition) is 0. The Morgan fingerprint density at radius 1 is 1.21 bits per heavy atom. The van der Waals surface area contributed by atoms with Gasteiger partial charge in [0.2, 0.25) is 5.13 Å². The molecule has 29 heavy (non-hydrogen) atoms. The molecule has 3 aromatic rings. The number of rotatable bonds is 5. The molecule has 0 aliphatic carbocycles. The van der Waals surface area contributed by atoms with E-state index in [1.165, 1.54) is 28.0 Å². The fourth-order valence-corrected chi connectivity index (χ4v) is 4.36. The van der Waals surface area contributed by atoms with Crippen molar-refractivity contribution in [2.75, 3.05) is 7.05 Å². The van der Waals surface area contributed by atoms with Gasteiger partial charge in [-0.3, -0.25) is 9.69 Å². The van der Waals surface area contributed by atoms with Gasteiger partial charge in [0.05, 0.1) is 4.91 Å². The zero-order valence-corrected chi connectivity index (χ0v) is 17.8. The van der Waals surface area contributed by atoms with Crippen LogP contribution in [0.3, 0.4) is 0 Å². The number of likely N-dealkylation sites (N-methyl/N-ethyl adjacent to an activating group) is 1. The Balaban J connectivity index is 1.57. The number of carbonyl (C=O) groups excluding carboxylic acids is 1. The lowest BCUT2D eigenvalue weighted by Gasteiger charge is -2.10. The maximum absolute atomic E-state index is 12.7. The number of amidine groups is 1. The molecule has 1 aliphatic heterocycles. The van der Waals surface area contributed by atoms with E-state index >= 15 is 0 Å². The Hall–Kier alpha value is -2.61. The Bertz CT molecular complexity index is 1100. The third-order valence-electron chi connectivity index (χ3n) is 4.16. The zero-order valence-electron chi connectivity index (χ0n) is 15.4. The van der Waals surface area contributed by atoms with Gasteiger partial charge in [0.15, 0.2) is 5.17 Å². The summed E-state index contributed by atoms with van der Waals surface area (Å²) < 4.78 is 5.99. The van der Waals surface area contributed by atoms with Gasteiger partial charge in [0.1, 0.15) is 12.4 Å². The van der Waals surface area contributed by atoms with Crippen molar-refractivity contribution >= 4 is 57.0 Å². The molecular weight excluding hydrogens is 426 g/mol. The van der Waals surface area contributed by atoms with Crippen LogP contribution in [-0.4, -0.2) is 28.0 Å². The van der Waals surface area contributed by atoms with Crippen LogP contribution in [-0.2, 0) is 11.4 Å². The van der Waals surface area contributed by atoms with Crippen LogP contribution in [0.1, 0.15) is 11.1 Å². The fourth-order valence-electron chi connectivity index (χ4n) is 2.65. The largest absolute Gasteiger partial charge is 0.488 e. The summed E-state index contributed by atoms with van der Waals surface area (Å²) in [6, 6.07) is 15.2. The summed E-state index contributed by atoms with van der Waals surface area (Å²) in [5.41, 5.74) is 1.72. The van der Waals surface area contributed by atoms with Crippen LogP contribution in [0.15, 0.2) is 70.0 Å². The first-order valence-electron chi connectivity index (χ1n) is 8.73. The summed E-state index contributed by atoms with van der Waals surface area (Å²) in [6.45, 7) is 0.345. The maximum atomic E-state index is 12.7. The quantitative estimate of drug-likeness (QED) is 0.483. The molecular formula is C21H16ClN3O2S2. The lowest BCUT2D eigenvalue weighted by molar-refractivity contribution is -0.121. The van der Waals surface area contributed by atoms with Crippen molar-refractivity contribution in [3.8, 4) is 5.75 Å². The minimum Gasteiger partial charge on any atom is -0.488 e. The molecule has 0 unspecified atom stereocenters. The molecule has 1 fully saturated rings. The summed E-state index contributed by atoms with van der Waals surface area (Å²) in [5, 5.41) is 3.74. The zero-order chi connectivity index (χ0) is 20.2. The number of nitrogens with zero attached hydrogens (tertiary/aromatic N) is 3. The molecule has 2 aromatic carbocycles. The highest BCUT2D eigenvalue weighted by atomic mass is 35.5. The van der Waals surface area contributed by atoms with E-state index in [1.54, 1.807) is 13.2 Å². The first kappa shape index (κ1) is 19.7. The second-order valence-corrected chi connectivity index (χ2v) is 8.39. The van der Waals surface area contributed by atoms with Crippen molar-refractivity contribution in [3.63, 3.8) is 0 Å². The van der Waals surface area contributed by atoms with Crippen LogP contribution in [0.4, 0.5) is 5.13 Å². The summed E-state index contributed by atoms with van der Waals surface area (Å²) in [7, 11) is 1.71. The van der Waals surface area contributed by atoms with Crippen LogP contribution >= 0.6 is 34.7 Å². The first-order chi connectivity index (χ1) is 14.1. The van der Waals surface area contributed by atoms with Crippen LogP contribution in [0.25, 0.3) is 6.08 Å². The third kappa shape index (κ3) is 4.53. The maximum Gasteiger partial charge on any atom is 0.266 e. The van der Waals surface area contributed by atoms with Gasteiger partial charge < -0.3 is 4.74 Å². The first-order valence-corrected chi connectivity index (χ1v) is 10.8. The molecule has 2 heterocycles. The van der Waals surface area contributed by atoms with E-state index in [9.17, 15) is 4.79 Å². The Morgan fingerprint density at radius 3 is 2.79 bits per heavy atom. The van der Waals surface area contributed by atoms with Crippen LogP contribution in [0, 0.1) is 0 Å². The van der Waals surface area contributed by atoms with Crippen LogP contribution in [0.5, 0.6) is 5.75 Å². The molecule has 0 bridgehead atoms. The van der Waals surface area contributed by atoms with Crippen LogP contribution < -0.4 is 4.74 Å². The molecule has 146 valence electrons. The number of benzene rings is 2. The predicted octanol–water partition coefficient (Wildman–Crippen LogP) is 5.61. The molecule has 5 nitrogen and oxygen atoms in total. The van der Waals surface area contributed by atoms with Gasteiger partial charge in [0, 0.05) is 34.8 Å². The Morgan fingerprint density at radius 2 is 2.00 bits per heavy atom. The van der Waals surface area contributed by atoms with Gasteiger partial charge in [-0.2, -0.15) is 4.99 Å². The van der Waals surface area contributed by atoms with Crippen LogP contribution in [0.2, 0.25) is 5.02 Å². The number of ether oxygens (including phenoxy) is 1. The molecule has 0 saturated carbocycles. The highest BCUT2D eigenvalue weighted by Gasteiger charge is 2.30. The van der Waals surface area contributed by atoms with E-state index in [1.807, 2.05) is 60.0 Å². The standard InChI is InChI=1S/C21H16ClN3O2S2/c1-25-19(26)18(29-21(25)24-20-23-10-11-28-20)12-14-6-3-5-9-17(14)27-13-15-7-2-4-8-16(15)22/h2-12H,13H2,1H3/b18-12-,24-21+. The molecule has 0 atom stereocenters. The number of hydrogen-bond acceptors (Lipinski definition) is 6. The topological polar surface area (TPSA) is 54.8 Å². The van der Waals surface area contributed by atoms with E-state index in [-0.39, 0.29) is 5.91 Å². The molecule has 1 aromatic heterocycles. The smallest absolute Gasteiger partial charge is 0.266 e. The van der Waals surface area contributed by atoms with E-state index in [0.29, 0.717) is 32.6 Å². The number of aliphatic imine (C=N–C) groups is 1. The molecule has 1 amide bonds. The third-order valence-corrected chi connectivity index (χ3v) is 6.25. The highest BCUT2D eigenvalue weighted by Crippen LogP contribution is 2.35. The Kier molecular flexibility index (Phi) is 5.99. The number of carbonyl (C=O) groups is 1. The average Bonchev–Trinajstić information content (AvgIpc) is 3.33. The van der Waals surface area contributed by atoms with E-state index in [0.717, 1.165) is 11.1 Å². The highest BCUT2D eigenvalue weighted by molar-refractivity contribution is 8.18. The second-order valence-electron chi connectivity index (χ2n) is 6.10. The monoisotopic (exact) mass is 441 g/mol. The summed E-state index contributed by atoms with van der Waals surface area (Å²) in [4.78, 5) is 23.4. The van der Waals surface area contributed by atoms with Crippen molar-refractivity contribution in [3.05, 3.63) is 81.2 Å². The van der Waals surface area contributed by atoms with Crippen molar-refractivity contribution in [1.82, 2.24) is 9.88 Å². The van der Waals surface area contributed by atoms with Crippen molar-refractivity contribution in [2.24, 2.45) is 4.99 Å². The number of amides is 1. The second kappa shape index (κ2) is 8.82. The van der Waals surface area contributed by atoms with Gasteiger partial charge >= 0.3 is 0 Å². The van der Waals surface area contributed by atoms with E-state index < -0.39 is 0 Å². The number of aromatic nitrogens is 1. The van der Waals surface area contributed by atoms with Crippen molar-refractivity contribution in [2.45, 2.75) is 6.61 Å². The average molecular weight is 442 g/mol. The van der Waals surface area contributed by atoms with E-state index in [2.05, 4.69) is 9.98 Å². The van der Waals surface area contributed by atoms with Gasteiger partial charge in [-0.1, -0.05) is 48.0 Å². The minimum atomic E-state index is -0.105. The van der Waals surface area contributed by atoms with Gasteiger partial charge in [0.25, 0.3) is 5.91 Å². The molecule has 0 N–H and O–H groups in total. The number of thiazole rings is 1. The number of para-hydroxylation sites is 1. The van der Waals surface area contributed by atoms with Gasteiger partial charge in [-0.05, 0) is 30.0 Å². The summed E-state index contributed by atoms with van der Waals surface area (Å²) in [5.74, 6) is 0.576. The lowest BCUT2D eigenvalue weighted by atomic mass is 10.1. The summed E-state index contributed by atoms with van der Waals surface area (Å²) >= 11 is 8.96. The molecule has 0 radical (unpaired) electrons.